The lowest BCUT2D eigenvalue weighted by atomic mass is 10.2. The minimum atomic E-state index is -0.802. The molecule has 0 aliphatic rings. The number of isocyanates is 1. The maximum Gasteiger partial charge on any atom is 0.417 e. The van der Waals surface area contributed by atoms with Gasteiger partial charge in [0.2, 0.25) is 6.08 Å². The van der Waals surface area contributed by atoms with Crippen LogP contribution in [0.25, 0.3) is 0 Å². The van der Waals surface area contributed by atoms with E-state index in [1.807, 2.05) is 6.92 Å². The van der Waals surface area contributed by atoms with Crippen molar-refractivity contribution in [2.45, 2.75) is 45.4 Å². The first kappa shape index (κ1) is 18.1. The largest absolute Gasteiger partial charge is 0.449 e. The minimum absolute atomic E-state index is 0.233. The zero-order valence-corrected chi connectivity index (χ0v) is 11.8. The van der Waals surface area contributed by atoms with Crippen molar-refractivity contribution >= 4 is 18.2 Å². The van der Waals surface area contributed by atoms with Gasteiger partial charge in [-0.05, 0) is 19.3 Å². The fraction of sp³-hybridized carbons (Fsp3) is 0.692. The fourth-order valence-corrected chi connectivity index (χ4v) is 1.46. The topological polar surface area (TPSA) is 102 Å². The molecular weight excluding hydrogens is 262 g/mol. The Morgan fingerprint density at radius 3 is 2.65 bits per heavy atom. The summed E-state index contributed by atoms with van der Waals surface area (Å²) in [4.78, 5) is 36.8. The fourth-order valence-electron chi connectivity index (χ4n) is 1.46. The van der Waals surface area contributed by atoms with Crippen molar-refractivity contribution in [3.63, 3.8) is 0 Å². The second-order valence-corrected chi connectivity index (χ2v) is 4.21. The molecular formula is C13H22N3O4. The zero-order valence-electron chi connectivity index (χ0n) is 11.8. The van der Waals surface area contributed by atoms with Crippen molar-refractivity contribution in [2.24, 2.45) is 10.7 Å². The van der Waals surface area contributed by atoms with Crippen molar-refractivity contribution in [1.82, 2.24) is 4.90 Å². The Balaban J connectivity index is 3.87. The molecule has 0 rings (SSSR count). The molecule has 7 heteroatoms. The van der Waals surface area contributed by atoms with E-state index in [1.54, 1.807) is 0 Å². The molecule has 3 amide bonds. The number of urea groups is 1. The number of carbonyl (C=O) groups is 2. The van der Waals surface area contributed by atoms with Gasteiger partial charge in [0.25, 0.3) is 0 Å². The number of nitrogens with two attached hydrogens (primary N) is 1. The van der Waals surface area contributed by atoms with Gasteiger partial charge in [-0.15, -0.1) is 0 Å². The Labute approximate surface area is 119 Å². The zero-order chi connectivity index (χ0) is 15.2. The lowest BCUT2D eigenvalue weighted by Crippen LogP contribution is -2.41. The van der Waals surface area contributed by atoms with Crippen molar-refractivity contribution in [1.29, 1.82) is 0 Å². The predicted octanol–water partition coefficient (Wildman–Crippen LogP) is 2.36. The van der Waals surface area contributed by atoms with Gasteiger partial charge in [-0.2, -0.15) is 0 Å². The summed E-state index contributed by atoms with van der Waals surface area (Å²) in [5.41, 5.74) is 5.14. The van der Waals surface area contributed by atoms with E-state index in [4.69, 9.17) is 10.5 Å². The number of aliphatic imine (C=N–C) groups is 1. The highest BCUT2D eigenvalue weighted by molar-refractivity contribution is 5.89. The van der Waals surface area contributed by atoms with E-state index < -0.39 is 12.1 Å². The standard InChI is InChI=1S/C13H22N3O4/c1-2-3-10-20-13(19)16(12(14)18)9-7-5-4-6-8-15-11-17/h8H,2-7,9-10H2,1H3,(H2,14,18). The summed E-state index contributed by atoms with van der Waals surface area (Å²) in [6.07, 6.45) is 5.28. The number of ether oxygens (including phenoxy) is 1. The molecule has 113 valence electrons. The van der Waals surface area contributed by atoms with Gasteiger partial charge in [0.15, 0.2) is 0 Å². The van der Waals surface area contributed by atoms with E-state index in [0.717, 1.165) is 30.6 Å². The molecule has 0 bridgehead atoms. The van der Waals surface area contributed by atoms with Crippen LogP contribution in [0.15, 0.2) is 4.99 Å². The van der Waals surface area contributed by atoms with Crippen LogP contribution in [0, 0.1) is 6.54 Å². The number of nitrogens with zero attached hydrogens (tertiary/aromatic N) is 2. The Bertz CT molecular complexity index is 341. The average molecular weight is 284 g/mol. The maximum absolute atomic E-state index is 11.6. The Morgan fingerprint density at radius 2 is 2.05 bits per heavy atom. The van der Waals surface area contributed by atoms with Crippen molar-refractivity contribution < 1.29 is 19.1 Å². The number of imide groups is 1. The van der Waals surface area contributed by atoms with Gasteiger partial charge in [0, 0.05) is 6.54 Å². The van der Waals surface area contributed by atoms with E-state index in [2.05, 4.69) is 4.99 Å². The quantitative estimate of drug-likeness (QED) is 0.378. The SMILES string of the molecule is CCCCOC(=O)N(CCCCC[CH]N=C=O)C(N)=O. The molecule has 0 aromatic rings. The van der Waals surface area contributed by atoms with E-state index in [1.165, 1.54) is 12.6 Å². The molecule has 0 unspecified atom stereocenters. The summed E-state index contributed by atoms with van der Waals surface area (Å²) in [7, 11) is 0. The van der Waals surface area contributed by atoms with Gasteiger partial charge < -0.3 is 10.5 Å². The molecule has 7 nitrogen and oxygen atoms in total. The number of primary amides is 1. The second-order valence-electron chi connectivity index (χ2n) is 4.21. The van der Waals surface area contributed by atoms with Crippen molar-refractivity contribution in [3.8, 4) is 0 Å². The number of carbonyl (C=O) groups excluding carboxylic acids is 3. The molecule has 0 saturated carbocycles. The lowest BCUT2D eigenvalue weighted by molar-refractivity contribution is 0.110. The summed E-state index contributed by atoms with van der Waals surface area (Å²) < 4.78 is 4.94. The van der Waals surface area contributed by atoms with Gasteiger partial charge in [-0.3, -0.25) is 0 Å². The molecule has 0 atom stereocenters. The van der Waals surface area contributed by atoms with Crippen LogP contribution in [-0.4, -0.2) is 36.3 Å². The van der Waals surface area contributed by atoms with Gasteiger partial charge in [0.1, 0.15) is 0 Å². The van der Waals surface area contributed by atoms with Crippen LogP contribution < -0.4 is 5.73 Å². The van der Waals surface area contributed by atoms with E-state index in [0.29, 0.717) is 12.8 Å². The van der Waals surface area contributed by atoms with E-state index in [-0.39, 0.29) is 13.2 Å². The molecule has 0 aliphatic heterocycles. The molecule has 0 spiro atoms. The molecule has 20 heavy (non-hydrogen) atoms. The van der Waals surface area contributed by atoms with Crippen LogP contribution in [0.5, 0.6) is 0 Å². The summed E-state index contributed by atoms with van der Waals surface area (Å²) in [5.74, 6) is 0. The summed E-state index contributed by atoms with van der Waals surface area (Å²) >= 11 is 0. The molecule has 2 N–H and O–H groups in total. The first-order valence-corrected chi connectivity index (χ1v) is 6.75. The summed E-state index contributed by atoms with van der Waals surface area (Å²) in [5, 5.41) is 0. The monoisotopic (exact) mass is 284 g/mol. The van der Waals surface area contributed by atoms with Crippen molar-refractivity contribution in [2.75, 3.05) is 13.2 Å². The Kier molecular flexibility index (Phi) is 11.0. The van der Waals surface area contributed by atoms with Crippen LogP contribution in [0.2, 0.25) is 0 Å². The molecule has 0 heterocycles. The smallest absolute Gasteiger partial charge is 0.417 e. The number of amides is 3. The van der Waals surface area contributed by atoms with Crippen LogP contribution in [-0.2, 0) is 9.53 Å². The molecule has 0 aromatic heterocycles. The first-order chi connectivity index (χ1) is 9.63. The minimum Gasteiger partial charge on any atom is -0.449 e. The number of unbranched alkanes of at least 4 members (excludes halogenated alkanes) is 4. The lowest BCUT2D eigenvalue weighted by Gasteiger charge is -2.17. The number of hydrogen-bond acceptors (Lipinski definition) is 5. The van der Waals surface area contributed by atoms with Crippen LogP contribution >= 0.6 is 0 Å². The van der Waals surface area contributed by atoms with E-state index >= 15 is 0 Å². The Hall–Kier alpha value is -1.88. The molecule has 0 aliphatic carbocycles. The number of rotatable bonds is 10. The normalized spacial score (nSPS) is 9.65. The predicted molar refractivity (Wildman–Crippen MR) is 73.4 cm³/mol. The van der Waals surface area contributed by atoms with Gasteiger partial charge in [-0.1, -0.05) is 26.2 Å². The van der Waals surface area contributed by atoms with Crippen LogP contribution in [0.3, 0.4) is 0 Å². The third-order valence-corrected chi connectivity index (χ3v) is 2.57. The molecule has 1 radical (unpaired) electrons. The summed E-state index contributed by atoms with van der Waals surface area (Å²) in [6, 6.07) is -0.802. The van der Waals surface area contributed by atoms with Crippen LogP contribution in [0.1, 0.15) is 45.4 Å². The molecule has 0 saturated heterocycles. The molecule has 0 aromatic carbocycles. The van der Waals surface area contributed by atoms with Crippen molar-refractivity contribution in [3.05, 3.63) is 6.54 Å². The second kappa shape index (κ2) is 12.2. The number of hydrogen-bond donors (Lipinski definition) is 1. The third kappa shape index (κ3) is 9.10. The highest BCUT2D eigenvalue weighted by Crippen LogP contribution is 2.05. The average Bonchev–Trinajstić information content (AvgIpc) is 2.41. The Morgan fingerprint density at radius 1 is 1.30 bits per heavy atom. The van der Waals surface area contributed by atoms with Gasteiger partial charge in [-0.25, -0.2) is 24.3 Å². The van der Waals surface area contributed by atoms with E-state index in [9.17, 15) is 14.4 Å². The molecule has 0 fully saturated rings. The highest BCUT2D eigenvalue weighted by atomic mass is 16.6. The third-order valence-electron chi connectivity index (χ3n) is 2.57. The van der Waals surface area contributed by atoms with Crippen LogP contribution in [0.4, 0.5) is 9.59 Å². The van der Waals surface area contributed by atoms with Gasteiger partial charge in [0.05, 0.1) is 13.2 Å². The van der Waals surface area contributed by atoms with Gasteiger partial charge >= 0.3 is 12.1 Å². The highest BCUT2D eigenvalue weighted by Gasteiger charge is 2.19. The first-order valence-electron chi connectivity index (χ1n) is 6.75. The summed E-state index contributed by atoms with van der Waals surface area (Å²) in [6.45, 7) is 3.98. The maximum atomic E-state index is 11.6.